The van der Waals surface area contributed by atoms with E-state index in [1.54, 1.807) is 0 Å². The Morgan fingerprint density at radius 2 is 1.80 bits per heavy atom. The van der Waals surface area contributed by atoms with Gasteiger partial charge in [-0.3, -0.25) is 0 Å². The van der Waals surface area contributed by atoms with Crippen molar-refractivity contribution in [3.8, 4) is 0 Å². The van der Waals surface area contributed by atoms with Crippen LogP contribution in [0.25, 0.3) is 0 Å². The van der Waals surface area contributed by atoms with E-state index >= 15 is 0 Å². The average Bonchev–Trinajstić information content (AvgIpc) is 2.47. The molecule has 1 fully saturated rings. The molecule has 0 amide bonds. The Hall–Kier alpha value is -0.180. The lowest BCUT2D eigenvalue weighted by Gasteiger charge is -2.35. The monoisotopic (exact) mass is 219 g/mol. The maximum atomic E-state index is 13.1. The summed E-state index contributed by atoms with van der Waals surface area (Å²) >= 11 is 0. The molecule has 0 bridgehead atoms. The van der Waals surface area contributed by atoms with Crippen molar-refractivity contribution in [2.75, 3.05) is 6.54 Å². The Morgan fingerprint density at radius 3 is 2.13 bits per heavy atom. The highest BCUT2D eigenvalue weighted by Crippen LogP contribution is 2.40. The minimum absolute atomic E-state index is 0.00704. The molecule has 0 spiro atoms. The van der Waals surface area contributed by atoms with Crippen LogP contribution in [0.1, 0.15) is 52.9 Å². The fraction of sp³-hybridized carbons (Fsp3) is 1.00. The number of hydrogen-bond donors (Lipinski definition) is 1. The summed E-state index contributed by atoms with van der Waals surface area (Å²) in [6, 6.07) is -0.00704. The van der Waals surface area contributed by atoms with Crippen LogP contribution in [-0.2, 0) is 0 Å². The molecule has 15 heavy (non-hydrogen) atoms. The molecule has 0 aliphatic carbocycles. The summed E-state index contributed by atoms with van der Waals surface area (Å²) in [4.78, 5) is 0. The Balaban J connectivity index is 2.64. The molecule has 0 aromatic carbocycles. The Labute approximate surface area is 91.6 Å². The Morgan fingerprint density at radius 1 is 1.27 bits per heavy atom. The second kappa shape index (κ2) is 4.77. The van der Waals surface area contributed by atoms with Gasteiger partial charge in [-0.05, 0) is 18.3 Å². The molecule has 0 aromatic rings. The van der Waals surface area contributed by atoms with Gasteiger partial charge in [-0.15, -0.1) is 0 Å². The van der Waals surface area contributed by atoms with E-state index < -0.39 is 5.92 Å². The number of hydrogen-bond acceptors (Lipinski definition) is 1. The first-order chi connectivity index (χ1) is 6.93. The zero-order valence-corrected chi connectivity index (χ0v) is 10.1. The molecule has 90 valence electrons. The third-order valence-corrected chi connectivity index (χ3v) is 3.59. The molecule has 1 unspecified atom stereocenters. The van der Waals surface area contributed by atoms with Crippen LogP contribution < -0.4 is 5.32 Å². The molecular formula is C12H23F2N. The lowest BCUT2D eigenvalue weighted by Crippen LogP contribution is -2.39. The van der Waals surface area contributed by atoms with Crippen molar-refractivity contribution < 1.29 is 8.78 Å². The Bertz CT molecular complexity index is 198. The summed E-state index contributed by atoms with van der Waals surface area (Å²) in [5.74, 6) is -2.49. The molecule has 1 N–H and O–H groups in total. The summed E-state index contributed by atoms with van der Waals surface area (Å²) in [6.07, 6.45) is 4.23. The summed E-state index contributed by atoms with van der Waals surface area (Å²) in [5.41, 5.74) is 0.0451. The fourth-order valence-corrected chi connectivity index (χ4v) is 2.82. The van der Waals surface area contributed by atoms with Gasteiger partial charge < -0.3 is 5.32 Å². The van der Waals surface area contributed by atoms with E-state index in [1.807, 2.05) is 0 Å². The first-order valence-electron chi connectivity index (χ1n) is 6.05. The third-order valence-electron chi connectivity index (χ3n) is 3.59. The van der Waals surface area contributed by atoms with Gasteiger partial charge in [-0.2, -0.15) is 0 Å². The van der Waals surface area contributed by atoms with Crippen LogP contribution in [0.2, 0.25) is 0 Å². The van der Waals surface area contributed by atoms with Gasteiger partial charge in [-0.1, -0.05) is 33.6 Å². The molecule has 1 nitrogen and oxygen atoms in total. The van der Waals surface area contributed by atoms with E-state index in [-0.39, 0.29) is 24.4 Å². The van der Waals surface area contributed by atoms with Gasteiger partial charge in [0.2, 0.25) is 0 Å². The van der Waals surface area contributed by atoms with Gasteiger partial charge in [-0.25, -0.2) is 8.78 Å². The molecule has 1 saturated heterocycles. The summed E-state index contributed by atoms with van der Waals surface area (Å²) in [5, 5.41) is 3.01. The molecule has 0 saturated carbocycles. The van der Waals surface area contributed by atoms with E-state index in [0.29, 0.717) is 0 Å². The van der Waals surface area contributed by atoms with E-state index in [2.05, 4.69) is 26.1 Å². The number of alkyl halides is 2. The third kappa shape index (κ3) is 3.13. The molecule has 1 aliphatic heterocycles. The van der Waals surface area contributed by atoms with Gasteiger partial charge in [0.25, 0.3) is 5.92 Å². The minimum Gasteiger partial charge on any atom is -0.308 e. The first kappa shape index (κ1) is 12.9. The van der Waals surface area contributed by atoms with Gasteiger partial charge in [0.15, 0.2) is 0 Å². The van der Waals surface area contributed by atoms with Gasteiger partial charge in [0.05, 0.1) is 6.54 Å². The second-order valence-electron chi connectivity index (χ2n) is 5.15. The molecule has 1 heterocycles. The maximum absolute atomic E-state index is 13.1. The van der Waals surface area contributed by atoms with Crippen molar-refractivity contribution in [1.29, 1.82) is 0 Å². The minimum atomic E-state index is -2.49. The van der Waals surface area contributed by atoms with Gasteiger partial charge >= 0.3 is 0 Å². The highest BCUT2D eigenvalue weighted by Gasteiger charge is 2.46. The van der Waals surface area contributed by atoms with E-state index in [4.69, 9.17) is 0 Å². The lowest BCUT2D eigenvalue weighted by molar-refractivity contribution is 0.0146. The van der Waals surface area contributed by atoms with Gasteiger partial charge in [0, 0.05) is 12.5 Å². The molecule has 0 aromatic heterocycles. The molecule has 0 radical (unpaired) electrons. The van der Waals surface area contributed by atoms with Crippen LogP contribution in [0.5, 0.6) is 0 Å². The average molecular weight is 219 g/mol. The van der Waals surface area contributed by atoms with Crippen LogP contribution in [-0.4, -0.2) is 18.5 Å². The van der Waals surface area contributed by atoms with Crippen molar-refractivity contribution in [3.05, 3.63) is 0 Å². The highest BCUT2D eigenvalue weighted by atomic mass is 19.3. The van der Waals surface area contributed by atoms with Crippen LogP contribution in [0.3, 0.4) is 0 Å². The number of halogens is 2. The maximum Gasteiger partial charge on any atom is 0.261 e. The predicted molar refractivity (Wildman–Crippen MR) is 59.3 cm³/mol. The van der Waals surface area contributed by atoms with E-state index in [0.717, 1.165) is 25.7 Å². The number of rotatable bonds is 5. The summed E-state index contributed by atoms with van der Waals surface area (Å²) in [7, 11) is 0. The molecule has 1 rings (SSSR count). The second-order valence-corrected chi connectivity index (χ2v) is 5.15. The topological polar surface area (TPSA) is 12.0 Å². The van der Waals surface area contributed by atoms with Gasteiger partial charge in [0.1, 0.15) is 0 Å². The van der Waals surface area contributed by atoms with Crippen molar-refractivity contribution in [2.45, 2.75) is 64.8 Å². The van der Waals surface area contributed by atoms with E-state index in [1.165, 1.54) is 0 Å². The van der Waals surface area contributed by atoms with Crippen molar-refractivity contribution in [1.82, 2.24) is 5.32 Å². The summed E-state index contributed by atoms with van der Waals surface area (Å²) in [6.45, 7) is 6.27. The Kier molecular flexibility index (Phi) is 4.10. The predicted octanol–water partition coefficient (Wildman–Crippen LogP) is 3.59. The zero-order chi connectivity index (χ0) is 11.5. The lowest BCUT2D eigenvalue weighted by atomic mass is 9.74. The molecule has 1 atom stereocenters. The molecule has 1 aliphatic rings. The quantitative estimate of drug-likeness (QED) is 0.745. The van der Waals surface area contributed by atoms with E-state index in [9.17, 15) is 8.78 Å². The van der Waals surface area contributed by atoms with Crippen molar-refractivity contribution in [3.63, 3.8) is 0 Å². The fourth-order valence-electron chi connectivity index (χ4n) is 2.82. The highest BCUT2D eigenvalue weighted by molar-refractivity contribution is 4.96. The smallest absolute Gasteiger partial charge is 0.261 e. The van der Waals surface area contributed by atoms with Crippen LogP contribution in [0.4, 0.5) is 8.78 Å². The van der Waals surface area contributed by atoms with Crippen LogP contribution in [0.15, 0.2) is 0 Å². The standard InChI is InChI=1S/C12H23F2N/c1-4-6-11(3,7-5-2)10-8-12(13,14)9-15-10/h10,15H,4-9H2,1-3H3. The summed E-state index contributed by atoms with van der Waals surface area (Å²) < 4.78 is 26.3. The van der Waals surface area contributed by atoms with Crippen molar-refractivity contribution >= 4 is 0 Å². The number of nitrogens with one attached hydrogen (secondary N) is 1. The zero-order valence-electron chi connectivity index (χ0n) is 10.1. The molecular weight excluding hydrogens is 196 g/mol. The largest absolute Gasteiger partial charge is 0.308 e. The normalized spacial score (nSPS) is 25.8. The van der Waals surface area contributed by atoms with Crippen LogP contribution in [0, 0.1) is 5.41 Å². The molecule has 3 heteroatoms. The van der Waals surface area contributed by atoms with Crippen LogP contribution >= 0.6 is 0 Å². The SMILES string of the molecule is CCCC(C)(CCC)C1CC(F)(F)CN1. The first-order valence-corrected chi connectivity index (χ1v) is 6.05. The van der Waals surface area contributed by atoms with Crippen molar-refractivity contribution in [2.24, 2.45) is 5.41 Å².